The third kappa shape index (κ3) is 4.16. The van der Waals surface area contributed by atoms with Crippen molar-refractivity contribution in [2.24, 2.45) is 0 Å². The average molecular weight is 517 g/mol. The minimum absolute atomic E-state index is 0.0357. The summed E-state index contributed by atoms with van der Waals surface area (Å²) in [5.41, 5.74) is -0.826. The van der Waals surface area contributed by atoms with Gasteiger partial charge in [0.15, 0.2) is 12.4 Å². The standard InChI is InChI=1S/C18H16BrClF5N3O2/c19-12-11(20)4-10-14(13(12)22)26-16(27-15(10)29-8-18(23,24)25)30-7-17-2-1-3-28(17)6-9(21)5-17/h4,9H,1-3,5-8H2/t9-,17+/m1/s1. The number of nitrogens with zero attached hydrogens (tertiary/aromatic N) is 3. The van der Waals surface area contributed by atoms with Crippen LogP contribution in [0.4, 0.5) is 22.0 Å². The number of ether oxygens (including phenoxy) is 2. The first kappa shape index (κ1) is 21.8. The molecule has 12 heteroatoms. The van der Waals surface area contributed by atoms with E-state index < -0.39 is 36.2 Å². The molecule has 2 atom stereocenters. The van der Waals surface area contributed by atoms with E-state index in [-0.39, 0.29) is 39.4 Å². The summed E-state index contributed by atoms with van der Waals surface area (Å²) in [7, 11) is 0. The fraction of sp³-hybridized carbons (Fsp3) is 0.556. The lowest BCUT2D eigenvalue weighted by molar-refractivity contribution is -0.153. The van der Waals surface area contributed by atoms with Crippen LogP contribution < -0.4 is 9.47 Å². The van der Waals surface area contributed by atoms with Crippen molar-refractivity contribution in [3.05, 3.63) is 21.4 Å². The van der Waals surface area contributed by atoms with Crippen molar-refractivity contribution >= 4 is 38.4 Å². The molecule has 0 bridgehead atoms. The van der Waals surface area contributed by atoms with Crippen LogP contribution in [0.15, 0.2) is 10.5 Å². The molecule has 164 valence electrons. The van der Waals surface area contributed by atoms with Gasteiger partial charge in [0, 0.05) is 13.0 Å². The first-order chi connectivity index (χ1) is 14.1. The normalized spacial score (nSPS) is 24.4. The lowest BCUT2D eigenvalue weighted by Crippen LogP contribution is -2.43. The lowest BCUT2D eigenvalue weighted by atomic mass is 9.95. The smallest absolute Gasteiger partial charge is 0.422 e. The molecule has 0 radical (unpaired) electrons. The Morgan fingerprint density at radius 1 is 1.30 bits per heavy atom. The molecule has 0 aliphatic carbocycles. The molecule has 2 fully saturated rings. The summed E-state index contributed by atoms with van der Waals surface area (Å²) in [5, 5.41) is -0.197. The van der Waals surface area contributed by atoms with Crippen LogP contribution in [-0.4, -0.2) is 59.1 Å². The second-order valence-electron chi connectivity index (χ2n) is 7.46. The monoisotopic (exact) mass is 515 g/mol. The van der Waals surface area contributed by atoms with Gasteiger partial charge in [-0.25, -0.2) is 8.78 Å². The van der Waals surface area contributed by atoms with Gasteiger partial charge in [0.1, 0.15) is 18.3 Å². The molecule has 1 aromatic carbocycles. The van der Waals surface area contributed by atoms with Crippen LogP contribution in [0.1, 0.15) is 19.3 Å². The van der Waals surface area contributed by atoms with E-state index in [1.54, 1.807) is 0 Å². The van der Waals surface area contributed by atoms with Gasteiger partial charge >= 0.3 is 12.2 Å². The number of aromatic nitrogens is 2. The zero-order chi connectivity index (χ0) is 21.7. The van der Waals surface area contributed by atoms with Crippen LogP contribution in [0.5, 0.6) is 11.9 Å². The van der Waals surface area contributed by atoms with E-state index in [1.165, 1.54) is 6.07 Å². The number of benzene rings is 1. The van der Waals surface area contributed by atoms with Crippen LogP contribution >= 0.6 is 27.5 Å². The van der Waals surface area contributed by atoms with Gasteiger partial charge in [0.25, 0.3) is 0 Å². The van der Waals surface area contributed by atoms with E-state index in [4.69, 9.17) is 21.1 Å². The average Bonchev–Trinajstić information content (AvgIpc) is 3.18. The summed E-state index contributed by atoms with van der Waals surface area (Å²) in [5.74, 6) is -1.39. The molecule has 0 unspecified atom stereocenters. The first-order valence-corrected chi connectivity index (χ1v) is 10.3. The Hall–Kier alpha value is -1.46. The van der Waals surface area contributed by atoms with Crippen molar-refractivity contribution in [3.63, 3.8) is 0 Å². The highest BCUT2D eigenvalue weighted by atomic mass is 79.9. The quantitative estimate of drug-likeness (QED) is 0.410. The Morgan fingerprint density at radius 3 is 2.80 bits per heavy atom. The summed E-state index contributed by atoms with van der Waals surface area (Å²) in [4.78, 5) is 9.90. The molecule has 2 saturated heterocycles. The Balaban J connectivity index is 1.67. The summed E-state index contributed by atoms with van der Waals surface area (Å²) in [6, 6.07) is 0.859. The molecule has 1 aromatic heterocycles. The van der Waals surface area contributed by atoms with Gasteiger partial charge in [-0.3, -0.25) is 4.90 Å². The fourth-order valence-corrected chi connectivity index (χ4v) is 4.59. The molecular formula is C18H16BrClF5N3O2. The van der Waals surface area contributed by atoms with Gasteiger partial charge in [0.05, 0.1) is 20.4 Å². The van der Waals surface area contributed by atoms with Crippen molar-refractivity contribution in [1.82, 2.24) is 14.9 Å². The maximum Gasteiger partial charge on any atom is 0.422 e. The first-order valence-electron chi connectivity index (χ1n) is 9.15. The number of hydrogen-bond acceptors (Lipinski definition) is 5. The zero-order valence-electron chi connectivity index (χ0n) is 15.4. The molecule has 0 N–H and O–H groups in total. The molecule has 4 rings (SSSR count). The minimum Gasteiger partial charge on any atom is -0.467 e. The van der Waals surface area contributed by atoms with Crippen LogP contribution in [-0.2, 0) is 0 Å². The number of alkyl halides is 4. The van der Waals surface area contributed by atoms with Crippen molar-refractivity contribution in [2.75, 3.05) is 26.3 Å². The molecule has 2 aliphatic rings. The van der Waals surface area contributed by atoms with E-state index in [0.29, 0.717) is 13.0 Å². The van der Waals surface area contributed by atoms with E-state index in [9.17, 15) is 22.0 Å². The maximum atomic E-state index is 14.7. The van der Waals surface area contributed by atoms with Crippen LogP contribution in [0.25, 0.3) is 10.9 Å². The summed E-state index contributed by atoms with van der Waals surface area (Å²) in [6.45, 7) is -0.548. The molecule has 3 heterocycles. The summed E-state index contributed by atoms with van der Waals surface area (Å²) >= 11 is 8.90. The maximum absolute atomic E-state index is 14.7. The highest BCUT2D eigenvalue weighted by molar-refractivity contribution is 9.10. The fourth-order valence-electron chi connectivity index (χ4n) is 4.10. The number of fused-ring (bicyclic) bond motifs is 2. The molecule has 0 spiro atoms. The molecule has 0 saturated carbocycles. The molecular weight excluding hydrogens is 501 g/mol. The van der Waals surface area contributed by atoms with E-state index in [0.717, 1.165) is 13.0 Å². The predicted molar refractivity (Wildman–Crippen MR) is 102 cm³/mol. The van der Waals surface area contributed by atoms with Crippen molar-refractivity contribution in [1.29, 1.82) is 0 Å². The molecule has 5 nitrogen and oxygen atoms in total. The van der Waals surface area contributed by atoms with Gasteiger partial charge < -0.3 is 9.47 Å². The topological polar surface area (TPSA) is 47.5 Å². The van der Waals surface area contributed by atoms with E-state index in [2.05, 4.69) is 25.9 Å². The van der Waals surface area contributed by atoms with Crippen molar-refractivity contribution in [2.45, 2.75) is 37.1 Å². The van der Waals surface area contributed by atoms with E-state index in [1.807, 2.05) is 4.90 Å². The lowest BCUT2D eigenvalue weighted by Gasteiger charge is -2.30. The molecule has 0 amide bonds. The third-order valence-electron chi connectivity index (χ3n) is 5.37. The predicted octanol–water partition coefficient (Wildman–Crippen LogP) is 5.08. The SMILES string of the molecule is Fc1c(Br)c(Cl)cc2c(OCC(F)(F)F)nc(OC[C@@]34CCCN3C[C@H](F)C4)nc12. The van der Waals surface area contributed by atoms with Gasteiger partial charge in [-0.2, -0.15) is 23.1 Å². The Kier molecular flexibility index (Phi) is 5.73. The number of halogens is 7. The van der Waals surface area contributed by atoms with Crippen LogP contribution in [0.2, 0.25) is 5.02 Å². The number of hydrogen-bond donors (Lipinski definition) is 0. The highest BCUT2D eigenvalue weighted by Gasteiger charge is 2.49. The highest BCUT2D eigenvalue weighted by Crippen LogP contribution is 2.41. The largest absolute Gasteiger partial charge is 0.467 e. The summed E-state index contributed by atoms with van der Waals surface area (Å²) in [6.07, 6.45) is -3.72. The molecule has 30 heavy (non-hydrogen) atoms. The Bertz CT molecular complexity index is 979. The Morgan fingerprint density at radius 2 is 2.07 bits per heavy atom. The second kappa shape index (κ2) is 7.90. The van der Waals surface area contributed by atoms with Crippen LogP contribution in [0, 0.1) is 5.82 Å². The second-order valence-corrected chi connectivity index (χ2v) is 8.66. The van der Waals surface area contributed by atoms with Crippen LogP contribution in [0.3, 0.4) is 0 Å². The van der Waals surface area contributed by atoms with Crippen molar-refractivity contribution < 1.29 is 31.4 Å². The summed E-state index contributed by atoms with van der Waals surface area (Å²) < 4.78 is 76.9. The number of rotatable bonds is 5. The van der Waals surface area contributed by atoms with Gasteiger partial charge in [-0.1, -0.05) is 11.6 Å². The zero-order valence-corrected chi connectivity index (χ0v) is 17.8. The van der Waals surface area contributed by atoms with E-state index >= 15 is 0 Å². The van der Waals surface area contributed by atoms with Gasteiger partial charge in [0.2, 0.25) is 5.88 Å². The Labute approximate surface area is 181 Å². The molecule has 2 aliphatic heterocycles. The minimum atomic E-state index is -4.63. The van der Waals surface area contributed by atoms with Gasteiger partial charge in [-0.05, 0) is 41.4 Å². The van der Waals surface area contributed by atoms with Crippen molar-refractivity contribution in [3.8, 4) is 11.9 Å². The third-order valence-corrected chi connectivity index (χ3v) is 6.68. The van der Waals surface area contributed by atoms with Gasteiger partial charge in [-0.15, -0.1) is 0 Å². The molecule has 2 aromatic rings.